The molecule has 56 valence electrons. The Morgan fingerprint density at radius 3 is 1.50 bits per heavy atom. The molecule has 4 heteroatoms. The summed E-state index contributed by atoms with van der Waals surface area (Å²) >= 11 is 9.48. The van der Waals surface area contributed by atoms with Crippen LogP contribution in [-0.2, 0) is 0 Å². The summed E-state index contributed by atoms with van der Waals surface area (Å²) < 4.78 is 1.33. The van der Waals surface area contributed by atoms with Gasteiger partial charge < -0.3 is 0 Å². The molecule has 10 heavy (non-hydrogen) atoms. The molecule has 0 saturated heterocycles. The fourth-order valence-corrected chi connectivity index (χ4v) is 0.596. The third-order valence-corrected chi connectivity index (χ3v) is 1.17. The van der Waals surface area contributed by atoms with Gasteiger partial charge in [0.15, 0.2) is 0 Å². The van der Waals surface area contributed by atoms with Crippen LogP contribution in [0.5, 0.6) is 0 Å². The molecular formula is C6H10N2S2. The smallest absolute Gasteiger partial charge is 0.117 e. The second-order valence-corrected chi connectivity index (χ2v) is 2.19. The summed E-state index contributed by atoms with van der Waals surface area (Å²) in [5, 5.41) is 5.37. The van der Waals surface area contributed by atoms with E-state index in [1.807, 2.05) is 13.8 Å². The molecule has 0 radical (unpaired) electrons. The van der Waals surface area contributed by atoms with Crippen LogP contribution in [0.15, 0.2) is 12.1 Å². The Balaban J connectivity index is 0.000000371. The molecule has 1 rings (SSSR count). The first-order valence-corrected chi connectivity index (χ1v) is 3.89. The number of H-pyrrole nitrogens is 2. The third kappa shape index (κ3) is 3.53. The number of aromatic amines is 2. The van der Waals surface area contributed by atoms with Crippen LogP contribution in [0.3, 0.4) is 0 Å². The van der Waals surface area contributed by atoms with Crippen molar-refractivity contribution in [3.8, 4) is 0 Å². The van der Waals surface area contributed by atoms with E-state index in [1.165, 1.54) is 0 Å². The van der Waals surface area contributed by atoms with Crippen LogP contribution in [0, 0.1) is 9.28 Å². The van der Waals surface area contributed by atoms with Crippen LogP contribution >= 0.6 is 24.4 Å². The molecule has 0 aromatic carbocycles. The third-order valence-electron chi connectivity index (χ3n) is 0.695. The average molecular weight is 174 g/mol. The maximum Gasteiger partial charge on any atom is 0.117 e. The van der Waals surface area contributed by atoms with Gasteiger partial charge in [-0.25, -0.2) is 0 Å². The summed E-state index contributed by atoms with van der Waals surface area (Å²) in [4.78, 5) is 0. The van der Waals surface area contributed by atoms with Gasteiger partial charge in [0.05, 0.1) is 0 Å². The number of hydrogen-bond acceptors (Lipinski definition) is 2. The summed E-state index contributed by atoms with van der Waals surface area (Å²) in [7, 11) is 0. The average Bonchev–Trinajstić information content (AvgIpc) is 2.00. The number of rotatable bonds is 0. The minimum absolute atomic E-state index is 0.665. The zero-order valence-electron chi connectivity index (χ0n) is 5.97. The lowest BCUT2D eigenvalue weighted by Crippen LogP contribution is -1.77. The molecule has 0 unspecified atom stereocenters. The second kappa shape index (κ2) is 5.32. The van der Waals surface area contributed by atoms with E-state index in [9.17, 15) is 0 Å². The fraction of sp³-hybridized carbons (Fsp3) is 0.333. The van der Waals surface area contributed by atoms with Crippen molar-refractivity contribution in [1.29, 1.82) is 0 Å². The molecule has 0 amide bonds. The SMILES string of the molecule is CC.S=c1ccc(=S)[nH][nH]1. The molecule has 0 aliphatic heterocycles. The number of hydrogen-bond donors (Lipinski definition) is 2. The van der Waals surface area contributed by atoms with Gasteiger partial charge in [-0.1, -0.05) is 38.3 Å². The van der Waals surface area contributed by atoms with E-state index >= 15 is 0 Å². The molecule has 0 aliphatic carbocycles. The van der Waals surface area contributed by atoms with E-state index in [0.29, 0.717) is 9.28 Å². The van der Waals surface area contributed by atoms with Gasteiger partial charge in [0.2, 0.25) is 0 Å². The molecular weight excluding hydrogens is 164 g/mol. The van der Waals surface area contributed by atoms with Gasteiger partial charge in [0.1, 0.15) is 9.28 Å². The maximum absolute atomic E-state index is 4.74. The lowest BCUT2D eigenvalue weighted by Gasteiger charge is -1.81. The molecule has 0 saturated carbocycles. The lowest BCUT2D eigenvalue weighted by molar-refractivity contribution is 1.00. The van der Waals surface area contributed by atoms with Crippen molar-refractivity contribution in [2.45, 2.75) is 13.8 Å². The van der Waals surface area contributed by atoms with Crippen molar-refractivity contribution < 1.29 is 0 Å². The monoisotopic (exact) mass is 174 g/mol. The minimum Gasteiger partial charge on any atom is -0.290 e. The minimum atomic E-state index is 0.665. The van der Waals surface area contributed by atoms with Crippen molar-refractivity contribution in [2.24, 2.45) is 0 Å². The summed E-state index contributed by atoms with van der Waals surface area (Å²) in [6.07, 6.45) is 0. The normalized spacial score (nSPS) is 7.80. The molecule has 0 atom stereocenters. The van der Waals surface area contributed by atoms with E-state index in [2.05, 4.69) is 10.2 Å². The summed E-state index contributed by atoms with van der Waals surface area (Å²) in [6, 6.07) is 3.49. The first kappa shape index (κ1) is 9.52. The molecule has 1 aromatic rings. The van der Waals surface area contributed by atoms with E-state index in [-0.39, 0.29) is 0 Å². The molecule has 2 nitrogen and oxygen atoms in total. The Hall–Kier alpha value is -0.480. The predicted molar refractivity (Wildman–Crippen MR) is 48.2 cm³/mol. The zero-order chi connectivity index (χ0) is 7.98. The van der Waals surface area contributed by atoms with Gasteiger partial charge in [-0.05, 0) is 12.1 Å². The Kier molecular flexibility index (Phi) is 5.06. The van der Waals surface area contributed by atoms with Crippen LogP contribution in [0.2, 0.25) is 0 Å². The van der Waals surface area contributed by atoms with E-state index in [4.69, 9.17) is 24.4 Å². The highest BCUT2D eigenvalue weighted by Crippen LogP contribution is 1.82. The quantitative estimate of drug-likeness (QED) is 0.593. The number of aromatic nitrogens is 2. The highest BCUT2D eigenvalue weighted by Gasteiger charge is 1.71. The van der Waals surface area contributed by atoms with Crippen LogP contribution in [0.1, 0.15) is 13.8 Å². The summed E-state index contributed by atoms with van der Waals surface area (Å²) in [5.41, 5.74) is 0. The van der Waals surface area contributed by atoms with Gasteiger partial charge in [0, 0.05) is 0 Å². The first-order chi connectivity index (χ1) is 4.79. The molecule has 0 aliphatic rings. The molecule has 2 N–H and O–H groups in total. The molecule has 1 aromatic heterocycles. The van der Waals surface area contributed by atoms with Gasteiger partial charge >= 0.3 is 0 Å². The highest BCUT2D eigenvalue weighted by atomic mass is 32.1. The van der Waals surface area contributed by atoms with Crippen LogP contribution < -0.4 is 0 Å². The standard InChI is InChI=1S/C4H4N2S2.C2H6/c7-3-1-2-4(8)6-5-3;1-2/h1-2H,(H,5,7)(H,6,8);1-2H3. The lowest BCUT2D eigenvalue weighted by atomic mass is 10.6. The second-order valence-electron chi connectivity index (χ2n) is 1.31. The molecule has 0 fully saturated rings. The van der Waals surface area contributed by atoms with Gasteiger partial charge in [-0.15, -0.1) is 0 Å². The van der Waals surface area contributed by atoms with Crippen LogP contribution in [-0.4, -0.2) is 10.2 Å². The fourth-order valence-electron chi connectivity index (χ4n) is 0.358. The van der Waals surface area contributed by atoms with E-state index < -0.39 is 0 Å². The van der Waals surface area contributed by atoms with Crippen molar-refractivity contribution in [3.05, 3.63) is 21.4 Å². The Morgan fingerprint density at radius 1 is 1.00 bits per heavy atom. The van der Waals surface area contributed by atoms with E-state index in [0.717, 1.165) is 0 Å². The van der Waals surface area contributed by atoms with Crippen LogP contribution in [0.4, 0.5) is 0 Å². The largest absolute Gasteiger partial charge is 0.290 e. The Morgan fingerprint density at radius 2 is 1.30 bits per heavy atom. The van der Waals surface area contributed by atoms with Gasteiger partial charge in [-0.2, -0.15) is 0 Å². The topological polar surface area (TPSA) is 31.6 Å². The highest BCUT2D eigenvalue weighted by molar-refractivity contribution is 7.71. The predicted octanol–water partition coefficient (Wildman–Crippen LogP) is 2.83. The van der Waals surface area contributed by atoms with Gasteiger partial charge in [0.25, 0.3) is 0 Å². The maximum atomic E-state index is 4.74. The Labute approximate surface area is 70.3 Å². The van der Waals surface area contributed by atoms with Crippen molar-refractivity contribution >= 4 is 24.4 Å². The van der Waals surface area contributed by atoms with Crippen molar-refractivity contribution in [3.63, 3.8) is 0 Å². The zero-order valence-corrected chi connectivity index (χ0v) is 7.60. The van der Waals surface area contributed by atoms with Crippen LogP contribution in [0.25, 0.3) is 0 Å². The molecule has 0 spiro atoms. The van der Waals surface area contributed by atoms with E-state index in [1.54, 1.807) is 12.1 Å². The Bertz CT molecular complexity index is 221. The summed E-state index contributed by atoms with van der Waals surface area (Å²) in [6.45, 7) is 4.00. The summed E-state index contributed by atoms with van der Waals surface area (Å²) in [5.74, 6) is 0. The van der Waals surface area contributed by atoms with Gasteiger partial charge in [-0.3, -0.25) is 10.2 Å². The molecule has 1 heterocycles. The van der Waals surface area contributed by atoms with Crippen molar-refractivity contribution in [1.82, 2.24) is 10.2 Å². The molecule has 0 bridgehead atoms. The number of nitrogens with one attached hydrogen (secondary N) is 2. The van der Waals surface area contributed by atoms with Crippen molar-refractivity contribution in [2.75, 3.05) is 0 Å². The first-order valence-electron chi connectivity index (χ1n) is 3.07.